The first-order valence-electron chi connectivity index (χ1n) is 11.2. The van der Waals surface area contributed by atoms with Crippen molar-refractivity contribution in [2.24, 2.45) is 5.73 Å². The molecule has 2 amide bonds. The summed E-state index contributed by atoms with van der Waals surface area (Å²) in [4.78, 5) is 30.6. The van der Waals surface area contributed by atoms with Crippen LogP contribution in [-0.4, -0.2) is 47.7 Å². The van der Waals surface area contributed by atoms with E-state index in [4.69, 9.17) is 28.9 Å². The van der Waals surface area contributed by atoms with Crippen LogP contribution in [0.15, 0.2) is 36.7 Å². The van der Waals surface area contributed by atoms with E-state index >= 15 is 0 Å². The summed E-state index contributed by atoms with van der Waals surface area (Å²) in [6.07, 6.45) is -6.60. The second-order valence-corrected chi connectivity index (χ2v) is 9.30. The van der Waals surface area contributed by atoms with Gasteiger partial charge in [0.2, 0.25) is 0 Å². The Morgan fingerprint density at radius 2 is 1.83 bits per heavy atom. The number of hydrogen-bond donors (Lipinski definition) is 2. The second kappa shape index (κ2) is 10.9. The van der Waals surface area contributed by atoms with Crippen LogP contribution in [0, 0.1) is 6.92 Å². The molecule has 0 saturated carbocycles. The molecule has 0 aliphatic carbocycles. The first-order chi connectivity index (χ1) is 19.0. The van der Waals surface area contributed by atoms with Crippen LogP contribution in [0.3, 0.4) is 0 Å². The predicted octanol–water partition coefficient (Wildman–Crippen LogP) is 4.88. The highest BCUT2D eigenvalue weighted by Gasteiger charge is 2.35. The van der Waals surface area contributed by atoms with Crippen molar-refractivity contribution in [3.05, 3.63) is 74.9 Å². The average molecular weight is 619 g/mol. The third-order valence-corrected chi connectivity index (χ3v) is 5.84. The Morgan fingerprint density at radius 1 is 1.12 bits per heavy atom. The Hall–Kier alpha value is -4.31. The first kappa shape index (κ1) is 29.7. The van der Waals surface area contributed by atoms with E-state index in [2.05, 4.69) is 30.3 Å². The Labute approximate surface area is 237 Å². The van der Waals surface area contributed by atoms with Gasteiger partial charge in [0.05, 0.1) is 27.6 Å². The number of nitrogens with two attached hydrogens (primary N) is 1. The smallest absolute Gasteiger partial charge is 0.432 e. The van der Waals surface area contributed by atoms with E-state index in [1.54, 1.807) is 0 Å². The van der Waals surface area contributed by atoms with Gasteiger partial charge in [-0.3, -0.25) is 9.59 Å². The van der Waals surface area contributed by atoms with E-state index in [9.17, 15) is 31.5 Å². The lowest BCUT2D eigenvalue weighted by atomic mass is 10.1. The molecule has 11 nitrogen and oxygen atoms in total. The molecular formula is C23H17Cl2F5N8O3. The summed E-state index contributed by atoms with van der Waals surface area (Å²) >= 11 is 12.5. The molecule has 3 aromatic heterocycles. The summed E-state index contributed by atoms with van der Waals surface area (Å²) in [5, 5.41) is 13.3. The third kappa shape index (κ3) is 6.54. The van der Waals surface area contributed by atoms with Crippen LogP contribution in [0.25, 0.3) is 5.82 Å². The van der Waals surface area contributed by atoms with Gasteiger partial charge in [-0.05, 0) is 36.8 Å². The van der Waals surface area contributed by atoms with Crippen molar-refractivity contribution in [2.45, 2.75) is 32.7 Å². The van der Waals surface area contributed by atoms with Crippen molar-refractivity contribution < 1.29 is 36.3 Å². The average Bonchev–Trinajstić information content (AvgIpc) is 3.49. The SMILES string of the molecule is Cc1cc(Cl)c(NC(=O)c2cc(Cn3ncc(C(F)(F)F)n3)nn2-c2ncccc2Cl)c(C(N)=O)c1OC(C)(F)F. The van der Waals surface area contributed by atoms with Gasteiger partial charge in [0.25, 0.3) is 11.8 Å². The van der Waals surface area contributed by atoms with Gasteiger partial charge >= 0.3 is 12.3 Å². The topological polar surface area (TPSA) is 143 Å². The zero-order chi connectivity index (χ0) is 30.3. The van der Waals surface area contributed by atoms with E-state index in [-0.39, 0.29) is 32.8 Å². The van der Waals surface area contributed by atoms with Gasteiger partial charge in [0.1, 0.15) is 23.6 Å². The number of benzene rings is 1. The molecule has 0 spiro atoms. The van der Waals surface area contributed by atoms with Gasteiger partial charge in [0, 0.05) is 13.1 Å². The van der Waals surface area contributed by atoms with Crippen molar-refractivity contribution in [3.63, 3.8) is 0 Å². The van der Waals surface area contributed by atoms with Crippen LogP contribution in [0.4, 0.5) is 27.6 Å². The fraction of sp³-hybridized carbons (Fsp3) is 0.217. The molecule has 0 saturated heterocycles. The number of nitrogens with zero attached hydrogens (tertiary/aromatic N) is 6. The molecule has 0 unspecified atom stereocenters. The molecule has 18 heteroatoms. The lowest BCUT2D eigenvalue weighted by Crippen LogP contribution is -2.25. The maximum atomic E-state index is 13.7. The summed E-state index contributed by atoms with van der Waals surface area (Å²) in [6, 6.07) is 5.28. The summed E-state index contributed by atoms with van der Waals surface area (Å²) in [6.45, 7) is 1.37. The number of halogens is 7. The van der Waals surface area contributed by atoms with Crippen LogP contribution < -0.4 is 15.8 Å². The molecule has 3 N–H and O–H groups in total. The van der Waals surface area contributed by atoms with E-state index in [1.165, 1.54) is 37.4 Å². The fourth-order valence-electron chi connectivity index (χ4n) is 3.62. The molecule has 41 heavy (non-hydrogen) atoms. The van der Waals surface area contributed by atoms with Crippen LogP contribution in [0.1, 0.15) is 44.7 Å². The van der Waals surface area contributed by atoms with Gasteiger partial charge < -0.3 is 15.8 Å². The summed E-state index contributed by atoms with van der Waals surface area (Å²) in [5.41, 5.74) is 2.85. The van der Waals surface area contributed by atoms with Gasteiger partial charge in [-0.15, -0.1) is 5.10 Å². The standard InChI is InChI=1S/C23H17Cl2F5N8O3/c1-10-6-13(25)17(16(19(31)39)18(10)41-22(2,26)27)34-21(40)14-7-11(9-37-33-8-15(36-37)23(28,29)30)35-38(14)20-12(24)4-3-5-32-20/h3-8H,9H2,1-2H3,(H2,31,39)(H,34,40). The zero-order valence-corrected chi connectivity index (χ0v) is 22.3. The van der Waals surface area contributed by atoms with Crippen LogP contribution >= 0.6 is 23.2 Å². The molecule has 3 heterocycles. The van der Waals surface area contributed by atoms with E-state index in [1.807, 2.05) is 0 Å². The number of aromatic nitrogens is 6. The monoisotopic (exact) mass is 618 g/mol. The molecule has 4 aromatic rings. The summed E-state index contributed by atoms with van der Waals surface area (Å²) < 4.78 is 71.9. The number of primary amides is 1. The fourth-order valence-corrected chi connectivity index (χ4v) is 4.12. The molecule has 4 rings (SSSR count). The number of carbonyl (C=O) groups excluding carboxylic acids is 2. The molecule has 216 valence electrons. The predicted molar refractivity (Wildman–Crippen MR) is 134 cm³/mol. The molecule has 0 bridgehead atoms. The van der Waals surface area contributed by atoms with Crippen LogP contribution in [0.2, 0.25) is 10.0 Å². The quantitative estimate of drug-likeness (QED) is 0.268. The Morgan fingerprint density at radius 3 is 2.41 bits per heavy atom. The summed E-state index contributed by atoms with van der Waals surface area (Å²) in [7, 11) is 0. The van der Waals surface area contributed by atoms with Crippen molar-refractivity contribution >= 4 is 40.7 Å². The van der Waals surface area contributed by atoms with Gasteiger partial charge in [-0.1, -0.05) is 23.2 Å². The molecule has 0 aliphatic heterocycles. The van der Waals surface area contributed by atoms with E-state index in [0.717, 1.165) is 4.68 Å². The second-order valence-electron chi connectivity index (χ2n) is 8.48. The molecule has 0 atom stereocenters. The third-order valence-electron chi connectivity index (χ3n) is 5.25. The molecule has 0 fully saturated rings. The molecule has 0 aliphatic rings. The lowest BCUT2D eigenvalue weighted by molar-refractivity contribution is -0.159. The van der Waals surface area contributed by atoms with Crippen molar-refractivity contribution in [1.82, 2.24) is 29.8 Å². The van der Waals surface area contributed by atoms with Gasteiger partial charge in [-0.25, -0.2) is 9.67 Å². The highest BCUT2D eigenvalue weighted by Crippen LogP contribution is 2.39. The van der Waals surface area contributed by atoms with E-state index < -0.39 is 53.3 Å². The molecule has 0 radical (unpaired) electrons. The number of rotatable bonds is 8. The van der Waals surface area contributed by atoms with Crippen molar-refractivity contribution in [3.8, 4) is 11.6 Å². The Bertz CT molecular complexity index is 1650. The number of alkyl halides is 5. The molecule has 1 aromatic carbocycles. The Kier molecular flexibility index (Phi) is 7.91. The van der Waals surface area contributed by atoms with Crippen LogP contribution in [-0.2, 0) is 12.7 Å². The van der Waals surface area contributed by atoms with Gasteiger partial charge in [-0.2, -0.15) is 36.9 Å². The van der Waals surface area contributed by atoms with E-state index in [0.29, 0.717) is 17.9 Å². The highest BCUT2D eigenvalue weighted by atomic mass is 35.5. The lowest BCUT2D eigenvalue weighted by Gasteiger charge is -2.21. The van der Waals surface area contributed by atoms with Gasteiger partial charge in [0.15, 0.2) is 11.5 Å². The normalized spacial score (nSPS) is 11.9. The largest absolute Gasteiger partial charge is 0.436 e. The number of anilines is 1. The number of hydrogen-bond acceptors (Lipinski definition) is 7. The Balaban J connectivity index is 1.79. The van der Waals surface area contributed by atoms with Crippen molar-refractivity contribution in [2.75, 3.05) is 5.32 Å². The summed E-state index contributed by atoms with van der Waals surface area (Å²) in [5.74, 6) is -2.90. The number of carbonyl (C=O) groups is 2. The minimum absolute atomic E-state index is 0.000898. The zero-order valence-electron chi connectivity index (χ0n) is 20.8. The maximum absolute atomic E-state index is 13.7. The first-order valence-corrected chi connectivity index (χ1v) is 12.0. The minimum Gasteiger partial charge on any atom is -0.432 e. The van der Waals surface area contributed by atoms with Crippen molar-refractivity contribution in [1.29, 1.82) is 0 Å². The number of ether oxygens (including phenoxy) is 1. The minimum atomic E-state index is -4.74. The highest BCUT2D eigenvalue weighted by molar-refractivity contribution is 6.35. The number of nitrogens with one attached hydrogen (secondary N) is 1. The molecular weight excluding hydrogens is 602 g/mol. The number of amides is 2. The number of aryl methyl sites for hydroxylation is 1. The van der Waals surface area contributed by atoms with Crippen LogP contribution in [0.5, 0.6) is 5.75 Å². The maximum Gasteiger partial charge on any atom is 0.436 e. The number of pyridine rings is 1.